The van der Waals surface area contributed by atoms with E-state index < -0.39 is 0 Å². The Labute approximate surface area is 182 Å². The van der Waals surface area contributed by atoms with Crippen LogP contribution in [0, 0.1) is 0 Å². The van der Waals surface area contributed by atoms with Crippen molar-refractivity contribution < 1.29 is 4.74 Å². The zero-order chi connectivity index (χ0) is 19.8. The Bertz CT molecular complexity index is 890. The van der Waals surface area contributed by atoms with E-state index in [1.54, 1.807) is 16.4 Å². The average molecular weight is 483 g/mol. The van der Waals surface area contributed by atoms with Crippen LogP contribution >= 0.6 is 39.3 Å². The number of hydrogen-bond donors (Lipinski definition) is 1. The summed E-state index contributed by atoms with van der Waals surface area (Å²) in [4.78, 5) is 0. The fourth-order valence-electron chi connectivity index (χ4n) is 2.50. The topological polar surface area (TPSA) is 64.9 Å². The Balaban J connectivity index is 1.45. The van der Waals surface area contributed by atoms with Crippen molar-refractivity contribution in [2.75, 3.05) is 12.3 Å². The van der Waals surface area contributed by atoms with Gasteiger partial charge in [0.15, 0.2) is 0 Å². The van der Waals surface area contributed by atoms with E-state index in [1.807, 2.05) is 43.4 Å². The van der Waals surface area contributed by atoms with Crippen LogP contribution in [0.1, 0.15) is 17.5 Å². The second kappa shape index (κ2) is 10.8. The van der Waals surface area contributed by atoms with Crippen LogP contribution in [0.3, 0.4) is 0 Å². The van der Waals surface area contributed by atoms with E-state index in [1.165, 1.54) is 0 Å². The van der Waals surface area contributed by atoms with Gasteiger partial charge in [0.05, 0.1) is 0 Å². The van der Waals surface area contributed by atoms with Gasteiger partial charge in [-0.3, -0.25) is 0 Å². The lowest BCUT2D eigenvalue weighted by molar-refractivity contribution is 0.302. The van der Waals surface area contributed by atoms with Gasteiger partial charge in [-0.15, -0.1) is 5.10 Å². The van der Waals surface area contributed by atoms with E-state index in [4.69, 9.17) is 16.3 Å². The third kappa shape index (κ3) is 6.48. The molecular weight excluding hydrogens is 462 g/mol. The number of rotatable bonds is 10. The quantitative estimate of drug-likeness (QED) is 0.340. The number of ether oxygens (including phenoxy) is 1. The van der Waals surface area contributed by atoms with Crippen molar-refractivity contribution in [2.45, 2.75) is 24.7 Å². The molecular formula is C19H21BrClN5OS. The molecule has 148 valence electrons. The fraction of sp³-hybridized carbons (Fsp3) is 0.316. The molecule has 28 heavy (non-hydrogen) atoms. The van der Waals surface area contributed by atoms with Gasteiger partial charge in [-0.25, -0.2) is 4.68 Å². The highest BCUT2D eigenvalue weighted by Crippen LogP contribution is 2.24. The molecule has 0 atom stereocenters. The summed E-state index contributed by atoms with van der Waals surface area (Å²) in [6.07, 6.45) is 1.02. The molecule has 0 aliphatic rings. The van der Waals surface area contributed by atoms with Crippen molar-refractivity contribution in [3.63, 3.8) is 0 Å². The van der Waals surface area contributed by atoms with Gasteiger partial charge in [0.1, 0.15) is 12.4 Å². The zero-order valence-electron chi connectivity index (χ0n) is 15.4. The lowest BCUT2D eigenvalue weighted by Gasteiger charge is -2.13. The molecule has 6 nitrogen and oxygen atoms in total. The number of aryl methyl sites for hydroxylation is 1. The monoisotopic (exact) mass is 481 g/mol. The first-order chi connectivity index (χ1) is 13.6. The number of aromatic nitrogens is 4. The van der Waals surface area contributed by atoms with Crippen LogP contribution < -0.4 is 10.1 Å². The van der Waals surface area contributed by atoms with Crippen LogP contribution in [0.2, 0.25) is 5.02 Å². The number of nitrogens with one attached hydrogen (secondary N) is 1. The van der Waals surface area contributed by atoms with Gasteiger partial charge >= 0.3 is 0 Å². The highest BCUT2D eigenvalue weighted by Gasteiger charge is 2.06. The molecule has 0 amide bonds. The Hall–Kier alpha value is -1.61. The Morgan fingerprint density at radius 1 is 1.21 bits per heavy atom. The Morgan fingerprint density at radius 2 is 2.04 bits per heavy atom. The first kappa shape index (κ1) is 21.1. The van der Waals surface area contributed by atoms with E-state index in [-0.39, 0.29) is 0 Å². The van der Waals surface area contributed by atoms with E-state index in [2.05, 4.69) is 42.8 Å². The summed E-state index contributed by atoms with van der Waals surface area (Å²) in [5, 5.41) is 16.5. The standard InChI is InChI=1S/C19H21BrClN5OS/c1-26-19(23-24-25-26)28-10-2-9-22-12-15-11-16(20)5-8-18(15)27-13-14-3-6-17(21)7-4-14/h3-8,11,22H,2,9-10,12-13H2,1H3. The summed E-state index contributed by atoms with van der Waals surface area (Å²) in [6.45, 7) is 2.15. The predicted molar refractivity (Wildman–Crippen MR) is 116 cm³/mol. The molecule has 0 unspecified atom stereocenters. The summed E-state index contributed by atoms with van der Waals surface area (Å²) >= 11 is 11.1. The van der Waals surface area contributed by atoms with E-state index in [0.717, 1.165) is 56.8 Å². The van der Waals surface area contributed by atoms with E-state index in [9.17, 15) is 0 Å². The minimum Gasteiger partial charge on any atom is -0.489 e. The van der Waals surface area contributed by atoms with Crippen LogP contribution in [0.5, 0.6) is 5.75 Å². The van der Waals surface area contributed by atoms with E-state index in [0.29, 0.717) is 6.61 Å². The molecule has 0 fully saturated rings. The summed E-state index contributed by atoms with van der Waals surface area (Å²) in [5.74, 6) is 1.84. The molecule has 0 aliphatic carbocycles. The third-order valence-corrected chi connectivity index (χ3v) is 5.80. The molecule has 0 aliphatic heterocycles. The molecule has 3 aromatic rings. The van der Waals surface area contributed by atoms with Crippen LogP contribution in [0.15, 0.2) is 52.1 Å². The number of tetrazole rings is 1. The highest BCUT2D eigenvalue weighted by molar-refractivity contribution is 9.10. The molecule has 1 aromatic heterocycles. The molecule has 0 spiro atoms. The number of nitrogens with zero attached hydrogens (tertiary/aromatic N) is 4. The van der Waals surface area contributed by atoms with Crippen molar-refractivity contribution >= 4 is 39.3 Å². The van der Waals surface area contributed by atoms with Crippen LogP contribution in [0.25, 0.3) is 0 Å². The molecule has 2 aromatic carbocycles. The smallest absolute Gasteiger partial charge is 0.209 e. The number of thioether (sulfide) groups is 1. The maximum atomic E-state index is 6.03. The number of hydrogen-bond acceptors (Lipinski definition) is 6. The molecule has 3 rings (SSSR count). The largest absolute Gasteiger partial charge is 0.489 e. The Kier molecular flexibility index (Phi) is 8.14. The second-order valence-electron chi connectivity index (χ2n) is 6.13. The molecule has 0 saturated heterocycles. The second-order valence-corrected chi connectivity index (χ2v) is 8.55. The molecule has 9 heteroatoms. The number of benzene rings is 2. The lowest BCUT2D eigenvalue weighted by Crippen LogP contribution is -2.16. The lowest BCUT2D eigenvalue weighted by atomic mass is 10.2. The van der Waals surface area contributed by atoms with Crippen molar-refractivity contribution in [3.05, 3.63) is 63.1 Å². The van der Waals surface area contributed by atoms with Crippen molar-refractivity contribution in [2.24, 2.45) is 7.05 Å². The van der Waals surface area contributed by atoms with Gasteiger partial charge in [-0.1, -0.05) is 51.4 Å². The summed E-state index contributed by atoms with van der Waals surface area (Å²) in [5.41, 5.74) is 2.20. The Morgan fingerprint density at radius 3 is 2.79 bits per heavy atom. The summed E-state index contributed by atoms with van der Waals surface area (Å²) < 4.78 is 8.75. The first-order valence-electron chi connectivity index (χ1n) is 8.83. The highest BCUT2D eigenvalue weighted by atomic mass is 79.9. The maximum absolute atomic E-state index is 6.03. The van der Waals surface area contributed by atoms with Gasteiger partial charge in [0.25, 0.3) is 0 Å². The van der Waals surface area contributed by atoms with Crippen molar-refractivity contribution in [3.8, 4) is 5.75 Å². The third-order valence-electron chi connectivity index (χ3n) is 3.96. The average Bonchev–Trinajstić information content (AvgIpc) is 3.10. The predicted octanol–water partition coefficient (Wildman–Crippen LogP) is 4.48. The molecule has 0 radical (unpaired) electrons. The van der Waals surface area contributed by atoms with Crippen molar-refractivity contribution in [1.82, 2.24) is 25.5 Å². The van der Waals surface area contributed by atoms with Crippen LogP contribution in [-0.2, 0) is 20.2 Å². The van der Waals surface area contributed by atoms with Crippen LogP contribution in [0.4, 0.5) is 0 Å². The minimum absolute atomic E-state index is 0.508. The SMILES string of the molecule is Cn1nnnc1SCCCNCc1cc(Br)ccc1OCc1ccc(Cl)cc1. The molecule has 0 bridgehead atoms. The van der Waals surface area contributed by atoms with Gasteiger partial charge in [0.2, 0.25) is 5.16 Å². The van der Waals surface area contributed by atoms with E-state index >= 15 is 0 Å². The summed E-state index contributed by atoms with van der Waals surface area (Å²) in [7, 11) is 1.85. The minimum atomic E-state index is 0.508. The van der Waals surface area contributed by atoms with Crippen molar-refractivity contribution in [1.29, 1.82) is 0 Å². The van der Waals surface area contributed by atoms with Gasteiger partial charge in [-0.05, 0) is 59.3 Å². The molecule has 0 saturated carbocycles. The first-order valence-corrected chi connectivity index (χ1v) is 11.0. The molecule has 1 heterocycles. The van der Waals surface area contributed by atoms with Crippen LogP contribution in [-0.4, -0.2) is 32.5 Å². The normalized spacial score (nSPS) is 11.0. The molecule has 1 N–H and O–H groups in total. The maximum Gasteiger partial charge on any atom is 0.209 e. The van der Waals surface area contributed by atoms with Gasteiger partial charge in [0, 0.05) is 34.4 Å². The summed E-state index contributed by atoms with van der Waals surface area (Å²) in [6, 6.07) is 13.8. The number of halogens is 2. The zero-order valence-corrected chi connectivity index (χ0v) is 18.6. The van der Waals surface area contributed by atoms with Gasteiger partial charge < -0.3 is 10.1 Å². The van der Waals surface area contributed by atoms with Gasteiger partial charge in [-0.2, -0.15) is 0 Å². The fourth-order valence-corrected chi connectivity index (χ4v) is 3.82.